The van der Waals surface area contributed by atoms with Gasteiger partial charge in [0.05, 0.1) is 23.4 Å². The summed E-state index contributed by atoms with van der Waals surface area (Å²) in [5, 5.41) is 21.0. The Morgan fingerprint density at radius 1 is 1.61 bits per heavy atom. The molecule has 1 unspecified atom stereocenters. The van der Waals surface area contributed by atoms with Gasteiger partial charge in [0.1, 0.15) is 6.07 Å². The maximum Gasteiger partial charge on any atom is 0.308 e. The molecule has 0 radical (unpaired) electrons. The number of nitrogens with one attached hydrogen (secondary N) is 1. The molecule has 1 heterocycles. The summed E-state index contributed by atoms with van der Waals surface area (Å²) in [6.07, 6.45) is 3.67. The van der Waals surface area contributed by atoms with Crippen LogP contribution in [0.4, 0.5) is 5.69 Å². The first-order valence-corrected chi connectivity index (χ1v) is 5.85. The van der Waals surface area contributed by atoms with Crippen LogP contribution in [0.3, 0.4) is 0 Å². The predicted molar refractivity (Wildman–Crippen MR) is 68.0 cm³/mol. The second-order valence-electron chi connectivity index (χ2n) is 4.58. The molecule has 1 rings (SSSR count). The standard InChI is InChI=1S/C13H17N3O2/c1-9(2)5-11(13(17)18)7-16-12-8-15-4-3-10(12)6-14/h3-4,8-9,11,16H,5,7H2,1-2H3,(H,17,18). The zero-order valence-corrected chi connectivity index (χ0v) is 10.6. The van der Waals surface area contributed by atoms with Gasteiger partial charge >= 0.3 is 5.97 Å². The Morgan fingerprint density at radius 3 is 2.89 bits per heavy atom. The van der Waals surface area contributed by atoms with Crippen molar-refractivity contribution in [3.8, 4) is 6.07 Å². The molecule has 1 aromatic rings. The van der Waals surface area contributed by atoms with Crippen LogP contribution in [0.1, 0.15) is 25.8 Å². The Balaban J connectivity index is 2.67. The van der Waals surface area contributed by atoms with Crippen molar-refractivity contribution in [2.75, 3.05) is 11.9 Å². The number of carboxylic acids is 1. The Kier molecular flexibility index (Phi) is 5.12. The summed E-state index contributed by atoms with van der Waals surface area (Å²) < 4.78 is 0. The topological polar surface area (TPSA) is 86.0 Å². The summed E-state index contributed by atoms with van der Waals surface area (Å²) >= 11 is 0. The van der Waals surface area contributed by atoms with E-state index in [9.17, 15) is 4.79 Å². The zero-order valence-electron chi connectivity index (χ0n) is 10.6. The highest BCUT2D eigenvalue weighted by molar-refractivity contribution is 5.71. The minimum Gasteiger partial charge on any atom is -0.481 e. The molecule has 0 aliphatic heterocycles. The Labute approximate surface area is 106 Å². The molecule has 0 saturated carbocycles. The lowest BCUT2D eigenvalue weighted by molar-refractivity contribution is -0.141. The molecule has 0 saturated heterocycles. The van der Waals surface area contributed by atoms with Crippen molar-refractivity contribution in [2.24, 2.45) is 11.8 Å². The summed E-state index contributed by atoms with van der Waals surface area (Å²) in [6, 6.07) is 3.64. The van der Waals surface area contributed by atoms with Gasteiger partial charge in [0.15, 0.2) is 0 Å². The lowest BCUT2D eigenvalue weighted by atomic mass is 9.97. The van der Waals surface area contributed by atoms with Gasteiger partial charge in [0, 0.05) is 12.7 Å². The normalized spacial score (nSPS) is 11.9. The molecule has 18 heavy (non-hydrogen) atoms. The van der Waals surface area contributed by atoms with Crippen molar-refractivity contribution < 1.29 is 9.90 Å². The van der Waals surface area contributed by atoms with Gasteiger partial charge in [-0.2, -0.15) is 5.26 Å². The van der Waals surface area contributed by atoms with Crippen LogP contribution in [0.2, 0.25) is 0 Å². The number of carbonyl (C=O) groups is 1. The molecule has 0 aromatic carbocycles. The van der Waals surface area contributed by atoms with Gasteiger partial charge in [0.25, 0.3) is 0 Å². The Hall–Kier alpha value is -2.09. The predicted octanol–water partition coefficient (Wildman–Crippen LogP) is 2.11. The van der Waals surface area contributed by atoms with Gasteiger partial charge < -0.3 is 10.4 Å². The zero-order chi connectivity index (χ0) is 13.5. The monoisotopic (exact) mass is 247 g/mol. The van der Waals surface area contributed by atoms with Crippen LogP contribution in [-0.4, -0.2) is 22.6 Å². The van der Waals surface area contributed by atoms with Crippen LogP contribution in [0.25, 0.3) is 0 Å². The number of nitrogens with zero attached hydrogens (tertiary/aromatic N) is 2. The molecular formula is C13H17N3O2. The van der Waals surface area contributed by atoms with E-state index in [4.69, 9.17) is 10.4 Å². The van der Waals surface area contributed by atoms with E-state index in [0.717, 1.165) is 0 Å². The molecule has 5 nitrogen and oxygen atoms in total. The van der Waals surface area contributed by atoms with Crippen LogP contribution in [0.5, 0.6) is 0 Å². The number of rotatable bonds is 6. The van der Waals surface area contributed by atoms with Gasteiger partial charge in [-0.15, -0.1) is 0 Å². The number of aliphatic carboxylic acids is 1. The van der Waals surface area contributed by atoms with Gasteiger partial charge in [0.2, 0.25) is 0 Å². The fourth-order valence-corrected chi connectivity index (χ4v) is 1.71. The van der Waals surface area contributed by atoms with E-state index < -0.39 is 11.9 Å². The van der Waals surface area contributed by atoms with Gasteiger partial charge in [-0.25, -0.2) is 0 Å². The number of carboxylic acid groups (broad SMARTS) is 1. The molecule has 0 spiro atoms. The molecule has 0 aliphatic rings. The van der Waals surface area contributed by atoms with Crippen LogP contribution < -0.4 is 5.32 Å². The molecule has 0 amide bonds. The number of anilines is 1. The van der Waals surface area contributed by atoms with Crippen molar-refractivity contribution in [3.05, 3.63) is 24.0 Å². The number of pyridine rings is 1. The number of hydrogen-bond donors (Lipinski definition) is 2. The van der Waals surface area contributed by atoms with E-state index in [0.29, 0.717) is 30.1 Å². The summed E-state index contributed by atoms with van der Waals surface area (Å²) in [7, 11) is 0. The summed E-state index contributed by atoms with van der Waals surface area (Å²) in [4.78, 5) is 15.0. The van der Waals surface area contributed by atoms with E-state index >= 15 is 0 Å². The highest BCUT2D eigenvalue weighted by atomic mass is 16.4. The van der Waals surface area contributed by atoms with Gasteiger partial charge in [-0.3, -0.25) is 9.78 Å². The highest BCUT2D eigenvalue weighted by Crippen LogP contribution is 2.16. The Morgan fingerprint density at radius 2 is 2.33 bits per heavy atom. The molecule has 1 atom stereocenters. The van der Waals surface area contributed by atoms with E-state index in [1.54, 1.807) is 6.07 Å². The fourth-order valence-electron chi connectivity index (χ4n) is 1.71. The lowest BCUT2D eigenvalue weighted by Gasteiger charge is -2.16. The van der Waals surface area contributed by atoms with Gasteiger partial charge in [-0.05, 0) is 18.4 Å². The summed E-state index contributed by atoms with van der Waals surface area (Å²) in [5.74, 6) is -0.965. The second kappa shape index (κ2) is 6.60. The largest absolute Gasteiger partial charge is 0.481 e. The minimum atomic E-state index is -0.821. The molecule has 5 heteroatoms. The molecule has 2 N–H and O–H groups in total. The van der Waals surface area contributed by atoms with Gasteiger partial charge in [-0.1, -0.05) is 13.8 Å². The van der Waals surface area contributed by atoms with E-state index in [-0.39, 0.29) is 0 Å². The van der Waals surface area contributed by atoms with Crippen LogP contribution >= 0.6 is 0 Å². The fraction of sp³-hybridized carbons (Fsp3) is 0.462. The van der Waals surface area contributed by atoms with Crippen LogP contribution in [-0.2, 0) is 4.79 Å². The van der Waals surface area contributed by atoms with E-state index in [2.05, 4.69) is 10.3 Å². The third-order valence-corrected chi connectivity index (χ3v) is 2.59. The maximum absolute atomic E-state index is 11.1. The van der Waals surface area contributed by atoms with E-state index in [1.807, 2.05) is 19.9 Å². The molecular weight excluding hydrogens is 230 g/mol. The van der Waals surface area contributed by atoms with Crippen molar-refractivity contribution in [1.82, 2.24) is 4.98 Å². The minimum absolute atomic E-state index is 0.299. The molecule has 96 valence electrons. The van der Waals surface area contributed by atoms with Crippen molar-refractivity contribution in [3.63, 3.8) is 0 Å². The van der Waals surface area contributed by atoms with Crippen LogP contribution in [0, 0.1) is 23.2 Å². The van der Waals surface area contributed by atoms with Crippen LogP contribution in [0.15, 0.2) is 18.5 Å². The maximum atomic E-state index is 11.1. The first-order valence-electron chi connectivity index (χ1n) is 5.85. The average Bonchev–Trinajstić information content (AvgIpc) is 2.34. The van der Waals surface area contributed by atoms with Crippen molar-refractivity contribution in [1.29, 1.82) is 5.26 Å². The second-order valence-corrected chi connectivity index (χ2v) is 4.58. The number of aromatic nitrogens is 1. The lowest BCUT2D eigenvalue weighted by Crippen LogP contribution is -2.24. The van der Waals surface area contributed by atoms with E-state index in [1.165, 1.54) is 12.4 Å². The molecule has 0 aliphatic carbocycles. The van der Waals surface area contributed by atoms with Crippen molar-refractivity contribution in [2.45, 2.75) is 20.3 Å². The number of hydrogen-bond acceptors (Lipinski definition) is 4. The molecule has 1 aromatic heterocycles. The quantitative estimate of drug-likeness (QED) is 0.804. The van der Waals surface area contributed by atoms with Crippen molar-refractivity contribution >= 4 is 11.7 Å². The molecule has 0 bridgehead atoms. The highest BCUT2D eigenvalue weighted by Gasteiger charge is 2.18. The third kappa shape index (κ3) is 4.06. The first-order chi connectivity index (χ1) is 8.54. The Bertz CT molecular complexity index is 452. The smallest absolute Gasteiger partial charge is 0.308 e. The molecule has 0 fully saturated rings. The first kappa shape index (κ1) is 14.0. The average molecular weight is 247 g/mol. The summed E-state index contributed by atoms with van der Waals surface area (Å²) in [6.45, 7) is 4.27. The third-order valence-electron chi connectivity index (χ3n) is 2.59. The SMILES string of the molecule is CC(C)CC(CNc1cnccc1C#N)C(=O)O. The number of nitriles is 1. The summed E-state index contributed by atoms with van der Waals surface area (Å²) in [5.41, 5.74) is 1.05.